The van der Waals surface area contributed by atoms with Crippen molar-refractivity contribution >= 4 is 43.2 Å². The van der Waals surface area contributed by atoms with Gasteiger partial charge in [-0.1, -0.05) is 17.7 Å². The monoisotopic (exact) mass is 430 g/mol. The van der Waals surface area contributed by atoms with Crippen LogP contribution in [0.5, 0.6) is 5.75 Å². The fourth-order valence-electron chi connectivity index (χ4n) is 2.18. The van der Waals surface area contributed by atoms with Gasteiger partial charge in [-0.3, -0.25) is 4.40 Å². The van der Waals surface area contributed by atoms with E-state index in [4.69, 9.17) is 16.3 Å². The standard InChI is InChI=1S/C14H12BrClN4O3S/c1-23-14-10(15)6-9(16)7-11(14)24(21,22)17-8-13-19-18-12-4-2-3-5-20(12)13/h2-7,17H,8H2,1H3. The Morgan fingerprint density at radius 1 is 1.33 bits per heavy atom. The first-order valence-corrected chi connectivity index (χ1v) is 9.39. The van der Waals surface area contributed by atoms with Gasteiger partial charge in [0.05, 0.1) is 18.1 Å². The van der Waals surface area contributed by atoms with Crippen molar-refractivity contribution in [2.24, 2.45) is 0 Å². The second-order valence-electron chi connectivity index (χ2n) is 4.79. The molecule has 0 saturated heterocycles. The maximum atomic E-state index is 12.6. The van der Waals surface area contributed by atoms with Crippen molar-refractivity contribution in [2.45, 2.75) is 11.4 Å². The number of pyridine rings is 1. The summed E-state index contributed by atoms with van der Waals surface area (Å²) < 4.78 is 35.0. The smallest absolute Gasteiger partial charge is 0.244 e. The maximum Gasteiger partial charge on any atom is 0.244 e. The molecule has 126 valence electrons. The molecule has 0 bridgehead atoms. The molecule has 0 aliphatic carbocycles. The summed E-state index contributed by atoms with van der Waals surface area (Å²) in [5.41, 5.74) is 0.634. The highest BCUT2D eigenvalue weighted by atomic mass is 79.9. The Hall–Kier alpha value is -1.68. The molecule has 1 N–H and O–H groups in total. The SMILES string of the molecule is COc1c(Br)cc(Cl)cc1S(=O)(=O)NCc1nnc2ccccn12. The zero-order valence-corrected chi connectivity index (χ0v) is 15.6. The van der Waals surface area contributed by atoms with Gasteiger partial charge in [-0.05, 0) is 40.2 Å². The molecule has 1 aromatic carbocycles. The normalized spacial score (nSPS) is 11.8. The van der Waals surface area contributed by atoms with Crippen LogP contribution in [0.1, 0.15) is 5.82 Å². The fourth-order valence-corrected chi connectivity index (χ4v) is 4.55. The molecule has 7 nitrogen and oxygen atoms in total. The first-order valence-electron chi connectivity index (χ1n) is 6.74. The number of sulfonamides is 1. The number of hydrogen-bond acceptors (Lipinski definition) is 5. The van der Waals surface area contributed by atoms with Crippen molar-refractivity contribution in [1.29, 1.82) is 0 Å². The minimum absolute atomic E-state index is 0.0270. The number of rotatable bonds is 5. The number of benzene rings is 1. The lowest BCUT2D eigenvalue weighted by molar-refractivity contribution is 0.399. The first kappa shape index (κ1) is 17.2. The quantitative estimate of drug-likeness (QED) is 0.671. The number of fused-ring (bicyclic) bond motifs is 1. The number of nitrogens with zero attached hydrogens (tertiary/aromatic N) is 3. The van der Waals surface area contributed by atoms with E-state index in [0.29, 0.717) is 15.9 Å². The van der Waals surface area contributed by atoms with Crippen LogP contribution in [0, 0.1) is 0 Å². The van der Waals surface area contributed by atoms with E-state index in [0.717, 1.165) is 0 Å². The number of ether oxygens (including phenoxy) is 1. The third kappa shape index (κ3) is 3.25. The predicted molar refractivity (Wildman–Crippen MR) is 92.7 cm³/mol. The molecule has 3 rings (SSSR count). The highest BCUT2D eigenvalue weighted by Crippen LogP contribution is 2.35. The molecule has 0 saturated carbocycles. The first-order chi connectivity index (χ1) is 11.4. The van der Waals surface area contributed by atoms with Crippen molar-refractivity contribution in [3.8, 4) is 5.75 Å². The van der Waals surface area contributed by atoms with Gasteiger partial charge in [0.25, 0.3) is 0 Å². The van der Waals surface area contributed by atoms with Gasteiger partial charge in [0, 0.05) is 11.2 Å². The maximum absolute atomic E-state index is 12.6. The van der Waals surface area contributed by atoms with Gasteiger partial charge in [0.2, 0.25) is 10.0 Å². The largest absolute Gasteiger partial charge is 0.494 e. The van der Waals surface area contributed by atoms with Crippen molar-refractivity contribution < 1.29 is 13.2 Å². The van der Waals surface area contributed by atoms with Gasteiger partial charge in [-0.25, -0.2) is 13.1 Å². The molecular formula is C14H12BrClN4O3S. The molecule has 0 spiro atoms. The third-order valence-corrected chi connectivity index (χ3v) is 5.49. The summed E-state index contributed by atoms with van der Waals surface area (Å²) in [6, 6.07) is 8.31. The van der Waals surface area contributed by atoms with Crippen LogP contribution in [-0.2, 0) is 16.6 Å². The average Bonchev–Trinajstić information content (AvgIpc) is 2.95. The summed E-state index contributed by atoms with van der Waals surface area (Å²) in [4.78, 5) is -0.0572. The number of hydrogen-bond donors (Lipinski definition) is 1. The highest BCUT2D eigenvalue weighted by molar-refractivity contribution is 9.10. The Kier molecular flexibility index (Phi) is 4.77. The Balaban J connectivity index is 1.92. The van der Waals surface area contributed by atoms with Crippen molar-refractivity contribution in [1.82, 2.24) is 19.3 Å². The molecule has 2 aromatic heterocycles. The van der Waals surface area contributed by atoms with E-state index >= 15 is 0 Å². The number of nitrogens with one attached hydrogen (secondary N) is 1. The average molecular weight is 432 g/mol. The molecule has 0 aliphatic heterocycles. The summed E-state index contributed by atoms with van der Waals surface area (Å²) in [6.07, 6.45) is 1.76. The number of halogens is 2. The lowest BCUT2D eigenvalue weighted by Crippen LogP contribution is -2.25. The Labute approximate surface area is 151 Å². The fraction of sp³-hybridized carbons (Fsp3) is 0.143. The van der Waals surface area contributed by atoms with Crippen LogP contribution in [0.4, 0.5) is 0 Å². The summed E-state index contributed by atoms with van der Waals surface area (Å²) in [5, 5.41) is 8.24. The molecule has 3 aromatic rings. The van der Waals surface area contributed by atoms with Crippen LogP contribution in [0.15, 0.2) is 45.9 Å². The Bertz CT molecular complexity index is 1010. The highest BCUT2D eigenvalue weighted by Gasteiger charge is 2.23. The molecule has 24 heavy (non-hydrogen) atoms. The minimum atomic E-state index is -3.86. The summed E-state index contributed by atoms with van der Waals surface area (Å²) in [5.74, 6) is 0.646. The van der Waals surface area contributed by atoms with Crippen molar-refractivity contribution in [3.05, 3.63) is 51.8 Å². The minimum Gasteiger partial charge on any atom is -0.494 e. The van der Waals surface area contributed by atoms with E-state index in [9.17, 15) is 8.42 Å². The molecular weight excluding hydrogens is 420 g/mol. The van der Waals surface area contributed by atoms with Gasteiger partial charge < -0.3 is 4.74 Å². The molecule has 0 amide bonds. The van der Waals surface area contributed by atoms with Gasteiger partial charge in [0.1, 0.15) is 4.90 Å². The topological polar surface area (TPSA) is 85.6 Å². The second-order valence-corrected chi connectivity index (χ2v) is 7.81. The summed E-state index contributed by atoms with van der Waals surface area (Å²) in [7, 11) is -2.48. The third-order valence-electron chi connectivity index (χ3n) is 3.27. The van der Waals surface area contributed by atoms with E-state index in [1.54, 1.807) is 22.7 Å². The van der Waals surface area contributed by atoms with Gasteiger partial charge >= 0.3 is 0 Å². The van der Waals surface area contributed by atoms with Gasteiger partial charge in [-0.2, -0.15) is 0 Å². The van der Waals surface area contributed by atoms with Crippen LogP contribution in [0.25, 0.3) is 5.65 Å². The summed E-state index contributed by atoms with van der Waals surface area (Å²) >= 11 is 9.20. The predicted octanol–water partition coefficient (Wildman–Crippen LogP) is 2.63. The van der Waals surface area contributed by atoms with Gasteiger partial charge in [0.15, 0.2) is 17.2 Å². The molecule has 0 aliphatic rings. The molecule has 0 fully saturated rings. The summed E-state index contributed by atoms with van der Waals surface area (Å²) in [6.45, 7) is -0.0270. The zero-order valence-electron chi connectivity index (χ0n) is 12.4. The number of aromatic nitrogens is 3. The second kappa shape index (κ2) is 6.67. The van der Waals surface area contributed by atoms with Crippen LogP contribution in [0.3, 0.4) is 0 Å². The molecule has 0 atom stereocenters. The van der Waals surface area contributed by atoms with E-state index < -0.39 is 10.0 Å². The molecule has 0 radical (unpaired) electrons. The Morgan fingerprint density at radius 2 is 2.12 bits per heavy atom. The van der Waals surface area contributed by atoms with E-state index in [1.807, 2.05) is 12.1 Å². The zero-order chi connectivity index (χ0) is 17.3. The van der Waals surface area contributed by atoms with Crippen LogP contribution in [-0.4, -0.2) is 30.1 Å². The molecule has 10 heteroatoms. The molecule has 2 heterocycles. The van der Waals surface area contributed by atoms with E-state index in [2.05, 4.69) is 30.8 Å². The van der Waals surface area contributed by atoms with Gasteiger partial charge in [-0.15, -0.1) is 10.2 Å². The lowest BCUT2D eigenvalue weighted by Gasteiger charge is -2.12. The van der Waals surface area contributed by atoms with Crippen LogP contribution >= 0.6 is 27.5 Å². The van der Waals surface area contributed by atoms with Crippen molar-refractivity contribution in [2.75, 3.05) is 7.11 Å². The van der Waals surface area contributed by atoms with Crippen LogP contribution < -0.4 is 9.46 Å². The van der Waals surface area contributed by atoms with E-state index in [1.165, 1.54) is 13.2 Å². The van der Waals surface area contributed by atoms with Crippen molar-refractivity contribution in [3.63, 3.8) is 0 Å². The number of methoxy groups -OCH3 is 1. The lowest BCUT2D eigenvalue weighted by atomic mass is 10.3. The van der Waals surface area contributed by atoms with E-state index in [-0.39, 0.29) is 22.2 Å². The molecule has 0 unspecified atom stereocenters. The van der Waals surface area contributed by atoms with Crippen LogP contribution in [0.2, 0.25) is 5.02 Å². The Morgan fingerprint density at radius 3 is 2.88 bits per heavy atom.